The SMILES string of the molecule is Cc1cccc(C(=O)NCC(=O)O[C@H](C)c2ccccc2Cl)c1. The maximum atomic E-state index is 12.0. The van der Waals surface area contributed by atoms with Crippen LogP contribution in [0, 0.1) is 6.92 Å². The molecule has 0 aliphatic carbocycles. The maximum absolute atomic E-state index is 12.0. The number of carbonyl (C=O) groups excluding carboxylic acids is 2. The van der Waals surface area contributed by atoms with E-state index in [-0.39, 0.29) is 12.5 Å². The summed E-state index contributed by atoms with van der Waals surface area (Å²) in [5, 5.41) is 3.09. The molecular weight excluding hydrogens is 314 g/mol. The summed E-state index contributed by atoms with van der Waals surface area (Å²) in [7, 11) is 0. The summed E-state index contributed by atoms with van der Waals surface area (Å²) in [5.74, 6) is -0.825. The Labute approximate surface area is 140 Å². The van der Waals surface area contributed by atoms with Gasteiger partial charge in [0.15, 0.2) is 0 Å². The van der Waals surface area contributed by atoms with E-state index in [1.807, 2.05) is 25.1 Å². The molecule has 0 aromatic heterocycles. The number of amides is 1. The molecule has 0 unspecified atom stereocenters. The Balaban J connectivity index is 1.88. The summed E-state index contributed by atoms with van der Waals surface area (Å²) in [4.78, 5) is 23.8. The summed E-state index contributed by atoms with van der Waals surface area (Å²) in [6.07, 6.45) is -0.480. The fraction of sp³-hybridized carbons (Fsp3) is 0.222. The van der Waals surface area contributed by atoms with E-state index < -0.39 is 12.1 Å². The van der Waals surface area contributed by atoms with Crippen molar-refractivity contribution in [2.45, 2.75) is 20.0 Å². The average molecular weight is 332 g/mol. The molecule has 0 spiro atoms. The molecule has 23 heavy (non-hydrogen) atoms. The first-order valence-electron chi connectivity index (χ1n) is 7.26. The molecule has 120 valence electrons. The summed E-state index contributed by atoms with van der Waals surface area (Å²) in [6, 6.07) is 14.3. The van der Waals surface area contributed by atoms with Crippen LogP contribution in [0.5, 0.6) is 0 Å². The van der Waals surface area contributed by atoms with E-state index in [2.05, 4.69) is 5.32 Å². The van der Waals surface area contributed by atoms with Gasteiger partial charge in [0, 0.05) is 16.1 Å². The zero-order chi connectivity index (χ0) is 16.8. The van der Waals surface area contributed by atoms with Crippen LogP contribution >= 0.6 is 11.6 Å². The van der Waals surface area contributed by atoms with Gasteiger partial charge in [0.2, 0.25) is 0 Å². The zero-order valence-electron chi connectivity index (χ0n) is 13.0. The van der Waals surface area contributed by atoms with Crippen molar-refractivity contribution in [3.63, 3.8) is 0 Å². The number of benzene rings is 2. The van der Waals surface area contributed by atoms with Crippen LogP contribution in [0.15, 0.2) is 48.5 Å². The van der Waals surface area contributed by atoms with Gasteiger partial charge in [-0.05, 0) is 32.0 Å². The van der Waals surface area contributed by atoms with Gasteiger partial charge in [-0.3, -0.25) is 9.59 Å². The predicted octanol–water partition coefficient (Wildman–Crippen LogP) is 3.68. The molecular formula is C18H18ClNO3. The molecule has 2 aromatic carbocycles. The second-order valence-corrected chi connectivity index (χ2v) is 5.61. The first-order chi connectivity index (χ1) is 11.0. The van der Waals surface area contributed by atoms with Gasteiger partial charge < -0.3 is 10.1 Å². The lowest BCUT2D eigenvalue weighted by Crippen LogP contribution is -2.31. The van der Waals surface area contributed by atoms with Crippen molar-refractivity contribution in [3.05, 3.63) is 70.2 Å². The van der Waals surface area contributed by atoms with E-state index in [1.54, 1.807) is 37.3 Å². The number of esters is 1. The van der Waals surface area contributed by atoms with Gasteiger partial charge in [-0.15, -0.1) is 0 Å². The fourth-order valence-electron chi connectivity index (χ4n) is 2.15. The van der Waals surface area contributed by atoms with Crippen LogP contribution in [0.1, 0.15) is 34.5 Å². The molecule has 1 atom stereocenters. The molecule has 0 bridgehead atoms. The highest BCUT2D eigenvalue weighted by Gasteiger charge is 2.15. The number of aryl methyl sites for hydroxylation is 1. The Kier molecular flexibility index (Phi) is 5.77. The summed E-state index contributed by atoms with van der Waals surface area (Å²) < 4.78 is 5.29. The first-order valence-corrected chi connectivity index (χ1v) is 7.64. The lowest BCUT2D eigenvalue weighted by Gasteiger charge is -2.15. The molecule has 0 saturated heterocycles. The van der Waals surface area contributed by atoms with E-state index in [9.17, 15) is 9.59 Å². The number of halogens is 1. The van der Waals surface area contributed by atoms with Crippen molar-refractivity contribution in [2.24, 2.45) is 0 Å². The van der Waals surface area contributed by atoms with Crippen LogP contribution in [-0.2, 0) is 9.53 Å². The molecule has 0 heterocycles. The molecule has 1 amide bonds. The second-order valence-electron chi connectivity index (χ2n) is 5.21. The Morgan fingerprint density at radius 2 is 1.91 bits per heavy atom. The van der Waals surface area contributed by atoms with Gasteiger partial charge in [-0.1, -0.05) is 47.5 Å². The van der Waals surface area contributed by atoms with Crippen molar-refractivity contribution in [2.75, 3.05) is 6.54 Å². The van der Waals surface area contributed by atoms with Gasteiger partial charge in [0.05, 0.1) is 0 Å². The standard InChI is InChI=1S/C18H18ClNO3/c1-12-6-5-7-14(10-12)18(22)20-11-17(21)23-13(2)15-8-3-4-9-16(15)19/h3-10,13H,11H2,1-2H3,(H,20,22)/t13-/m1/s1. The number of hydrogen-bond donors (Lipinski definition) is 1. The number of rotatable bonds is 5. The normalized spacial score (nSPS) is 11.6. The summed E-state index contributed by atoms with van der Waals surface area (Å²) in [5.41, 5.74) is 2.22. The van der Waals surface area contributed by atoms with Crippen LogP contribution in [0.3, 0.4) is 0 Å². The van der Waals surface area contributed by atoms with E-state index in [1.165, 1.54) is 0 Å². The number of nitrogens with one attached hydrogen (secondary N) is 1. The molecule has 4 nitrogen and oxygen atoms in total. The van der Waals surface area contributed by atoms with E-state index in [0.717, 1.165) is 11.1 Å². The van der Waals surface area contributed by atoms with Crippen LogP contribution in [-0.4, -0.2) is 18.4 Å². The highest BCUT2D eigenvalue weighted by atomic mass is 35.5. The van der Waals surface area contributed by atoms with Crippen molar-refractivity contribution in [3.8, 4) is 0 Å². The highest BCUT2D eigenvalue weighted by Crippen LogP contribution is 2.24. The van der Waals surface area contributed by atoms with E-state index >= 15 is 0 Å². The highest BCUT2D eigenvalue weighted by molar-refractivity contribution is 6.31. The molecule has 2 aromatic rings. The molecule has 0 fully saturated rings. The second kappa shape index (κ2) is 7.79. The largest absolute Gasteiger partial charge is 0.456 e. The van der Waals surface area contributed by atoms with Gasteiger partial charge in [0.1, 0.15) is 12.6 Å². The molecule has 0 radical (unpaired) electrons. The molecule has 0 saturated carbocycles. The maximum Gasteiger partial charge on any atom is 0.326 e. The molecule has 0 aliphatic rings. The number of hydrogen-bond acceptors (Lipinski definition) is 3. The first kappa shape index (κ1) is 17.0. The lowest BCUT2D eigenvalue weighted by atomic mass is 10.1. The Bertz CT molecular complexity index is 715. The van der Waals surface area contributed by atoms with Crippen molar-refractivity contribution in [1.82, 2.24) is 5.32 Å². The zero-order valence-corrected chi connectivity index (χ0v) is 13.8. The minimum Gasteiger partial charge on any atom is -0.456 e. The number of ether oxygens (including phenoxy) is 1. The van der Waals surface area contributed by atoms with Crippen LogP contribution in [0.2, 0.25) is 5.02 Å². The number of carbonyl (C=O) groups is 2. The van der Waals surface area contributed by atoms with Crippen molar-refractivity contribution >= 4 is 23.5 Å². The van der Waals surface area contributed by atoms with E-state index in [4.69, 9.17) is 16.3 Å². The third-order valence-corrected chi connectivity index (χ3v) is 3.67. The van der Waals surface area contributed by atoms with Crippen molar-refractivity contribution in [1.29, 1.82) is 0 Å². The molecule has 5 heteroatoms. The summed E-state index contributed by atoms with van der Waals surface area (Å²) in [6.45, 7) is 3.44. The molecule has 0 aliphatic heterocycles. The lowest BCUT2D eigenvalue weighted by molar-refractivity contribution is -0.147. The quantitative estimate of drug-likeness (QED) is 0.850. The molecule has 1 N–H and O–H groups in total. The van der Waals surface area contributed by atoms with Crippen LogP contribution < -0.4 is 5.32 Å². The molecule has 2 rings (SSSR count). The Hall–Kier alpha value is -2.33. The third-order valence-electron chi connectivity index (χ3n) is 3.32. The summed E-state index contributed by atoms with van der Waals surface area (Å²) >= 11 is 6.06. The van der Waals surface area contributed by atoms with Crippen molar-refractivity contribution < 1.29 is 14.3 Å². The van der Waals surface area contributed by atoms with Crippen LogP contribution in [0.25, 0.3) is 0 Å². The minimum absolute atomic E-state index is 0.193. The van der Waals surface area contributed by atoms with E-state index in [0.29, 0.717) is 10.6 Å². The third kappa shape index (κ3) is 4.83. The average Bonchev–Trinajstić information content (AvgIpc) is 2.53. The van der Waals surface area contributed by atoms with Gasteiger partial charge in [-0.2, -0.15) is 0 Å². The Morgan fingerprint density at radius 3 is 2.61 bits per heavy atom. The monoisotopic (exact) mass is 331 g/mol. The van der Waals surface area contributed by atoms with Gasteiger partial charge in [-0.25, -0.2) is 0 Å². The fourth-order valence-corrected chi connectivity index (χ4v) is 2.44. The van der Waals surface area contributed by atoms with Crippen LogP contribution in [0.4, 0.5) is 0 Å². The Morgan fingerprint density at radius 1 is 1.17 bits per heavy atom. The smallest absolute Gasteiger partial charge is 0.326 e. The minimum atomic E-state index is -0.515. The predicted molar refractivity (Wildman–Crippen MR) is 89.5 cm³/mol. The van der Waals surface area contributed by atoms with Gasteiger partial charge >= 0.3 is 5.97 Å². The topological polar surface area (TPSA) is 55.4 Å². The van der Waals surface area contributed by atoms with Gasteiger partial charge in [0.25, 0.3) is 5.91 Å².